The predicted octanol–water partition coefficient (Wildman–Crippen LogP) is 2.36. The van der Waals surface area contributed by atoms with E-state index < -0.39 is 5.97 Å². The Kier molecular flexibility index (Phi) is 3.62. The molecule has 1 heterocycles. The van der Waals surface area contributed by atoms with E-state index in [0.29, 0.717) is 6.54 Å². The van der Waals surface area contributed by atoms with Gasteiger partial charge in [-0.1, -0.05) is 28.1 Å². The number of halogens is 1. The van der Waals surface area contributed by atoms with E-state index in [1.54, 1.807) is 0 Å². The number of hydrogen-bond acceptors (Lipinski definition) is 2. The van der Waals surface area contributed by atoms with Gasteiger partial charge in [-0.3, -0.25) is 4.79 Å². The maximum Gasteiger partial charge on any atom is 0.335 e. The Morgan fingerprint density at radius 1 is 1.22 bits per heavy atom. The van der Waals surface area contributed by atoms with Gasteiger partial charge in [0.2, 0.25) is 0 Å². The van der Waals surface area contributed by atoms with Crippen LogP contribution in [0.3, 0.4) is 0 Å². The van der Waals surface area contributed by atoms with Crippen LogP contribution in [0.15, 0.2) is 51.9 Å². The zero-order valence-corrected chi connectivity index (χ0v) is 10.9. The summed E-state index contributed by atoms with van der Waals surface area (Å²) in [6.45, 7) is 0.423. The third kappa shape index (κ3) is 2.87. The standard InChI is InChI=1S/C13H10BrNO3/c14-11-3-1-9(2-4-11)8-15-6-5-10(13(17)18)7-12(15)16/h1-7H,8H2,(H,17,18). The van der Waals surface area contributed by atoms with E-state index >= 15 is 0 Å². The van der Waals surface area contributed by atoms with Crippen molar-refractivity contribution in [2.45, 2.75) is 6.54 Å². The summed E-state index contributed by atoms with van der Waals surface area (Å²) in [5, 5.41) is 8.77. The van der Waals surface area contributed by atoms with Crippen molar-refractivity contribution in [1.82, 2.24) is 4.57 Å². The second-order valence-corrected chi connectivity index (χ2v) is 4.73. The highest BCUT2D eigenvalue weighted by atomic mass is 79.9. The second-order valence-electron chi connectivity index (χ2n) is 3.81. The third-order valence-corrected chi connectivity index (χ3v) is 3.04. The summed E-state index contributed by atoms with van der Waals surface area (Å²) >= 11 is 3.34. The summed E-state index contributed by atoms with van der Waals surface area (Å²) < 4.78 is 2.44. The van der Waals surface area contributed by atoms with Gasteiger partial charge in [0, 0.05) is 16.7 Å². The van der Waals surface area contributed by atoms with Crippen LogP contribution in [0.2, 0.25) is 0 Å². The SMILES string of the molecule is O=C(O)c1ccn(Cc2ccc(Br)cc2)c(=O)c1. The van der Waals surface area contributed by atoms with Gasteiger partial charge < -0.3 is 9.67 Å². The molecule has 0 saturated carbocycles. The van der Waals surface area contributed by atoms with Crippen LogP contribution in [0.25, 0.3) is 0 Å². The zero-order chi connectivity index (χ0) is 13.1. The second kappa shape index (κ2) is 5.18. The predicted molar refractivity (Wildman–Crippen MR) is 70.9 cm³/mol. The molecule has 0 atom stereocenters. The van der Waals surface area contributed by atoms with Gasteiger partial charge in [0.05, 0.1) is 12.1 Å². The molecule has 0 aliphatic heterocycles. The first-order valence-corrected chi connectivity index (χ1v) is 6.04. The maximum absolute atomic E-state index is 11.7. The van der Waals surface area contributed by atoms with E-state index in [0.717, 1.165) is 16.1 Å². The molecule has 1 aromatic carbocycles. The number of aromatic carboxylic acids is 1. The fourth-order valence-electron chi connectivity index (χ4n) is 1.56. The van der Waals surface area contributed by atoms with E-state index in [1.807, 2.05) is 24.3 Å². The summed E-state index contributed by atoms with van der Waals surface area (Å²) in [7, 11) is 0. The third-order valence-electron chi connectivity index (χ3n) is 2.51. The van der Waals surface area contributed by atoms with Gasteiger partial charge in [0.15, 0.2) is 0 Å². The Labute approximate surface area is 112 Å². The van der Waals surface area contributed by atoms with Crippen LogP contribution < -0.4 is 5.56 Å². The molecule has 0 amide bonds. The van der Waals surface area contributed by atoms with Gasteiger partial charge in [0.25, 0.3) is 5.56 Å². The fraction of sp³-hybridized carbons (Fsp3) is 0.0769. The van der Waals surface area contributed by atoms with Crippen molar-refractivity contribution in [3.63, 3.8) is 0 Å². The van der Waals surface area contributed by atoms with E-state index in [4.69, 9.17) is 5.11 Å². The molecule has 1 aromatic heterocycles. The first-order chi connectivity index (χ1) is 8.56. The van der Waals surface area contributed by atoms with Crippen molar-refractivity contribution in [3.05, 3.63) is 68.5 Å². The van der Waals surface area contributed by atoms with Crippen LogP contribution in [0.4, 0.5) is 0 Å². The first kappa shape index (κ1) is 12.6. The highest BCUT2D eigenvalue weighted by Crippen LogP contribution is 2.11. The Morgan fingerprint density at radius 3 is 2.44 bits per heavy atom. The molecule has 0 aliphatic carbocycles. The quantitative estimate of drug-likeness (QED) is 0.947. The Hall–Kier alpha value is -1.88. The number of rotatable bonds is 3. The zero-order valence-electron chi connectivity index (χ0n) is 9.34. The lowest BCUT2D eigenvalue weighted by Gasteiger charge is -2.06. The Bertz CT molecular complexity index is 631. The number of nitrogens with zero attached hydrogens (tertiary/aromatic N) is 1. The van der Waals surface area contributed by atoms with Crippen molar-refractivity contribution in [1.29, 1.82) is 0 Å². The molecule has 0 aliphatic rings. The number of hydrogen-bond donors (Lipinski definition) is 1. The molecular formula is C13H10BrNO3. The molecule has 0 unspecified atom stereocenters. The summed E-state index contributed by atoms with van der Waals surface area (Å²) in [4.78, 5) is 22.4. The normalized spacial score (nSPS) is 10.3. The van der Waals surface area contributed by atoms with Crippen LogP contribution in [-0.2, 0) is 6.54 Å². The molecule has 18 heavy (non-hydrogen) atoms. The highest BCUT2D eigenvalue weighted by Gasteiger charge is 2.05. The maximum atomic E-state index is 11.7. The number of benzene rings is 1. The van der Waals surface area contributed by atoms with Gasteiger partial charge in [-0.2, -0.15) is 0 Å². The molecule has 0 radical (unpaired) electrons. The van der Waals surface area contributed by atoms with Crippen molar-refractivity contribution < 1.29 is 9.90 Å². The molecule has 0 fully saturated rings. The average Bonchev–Trinajstić information content (AvgIpc) is 2.34. The Morgan fingerprint density at radius 2 is 1.89 bits per heavy atom. The molecule has 4 nitrogen and oxygen atoms in total. The molecule has 0 spiro atoms. The highest BCUT2D eigenvalue weighted by molar-refractivity contribution is 9.10. The van der Waals surface area contributed by atoms with E-state index in [2.05, 4.69) is 15.9 Å². The van der Waals surface area contributed by atoms with Crippen molar-refractivity contribution in [2.24, 2.45) is 0 Å². The molecule has 2 aromatic rings. The number of carboxylic acid groups (broad SMARTS) is 1. The summed E-state index contributed by atoms with van der Waals surface area (Å²) in [6, 6.07) is 10.1. The lowest BCUT2D eigenvalue weighted by Crippen LogP contribution is -2.20. The van der Waals surface area contributed by atoms with Crippen LogP contribution in [0.5, 0.6) is 0 Å². The largest absolute Gasteiger partial charge is 0.478 e. The Balaban J connectivity index is 2.27. The monoisotopic (exact) mass is 307 g/mol. The summed E-state index contributed by atoms with van der Waals surface area (Å²) in [5.41, 5.74) is 0.660. The van der Waals surface area contributed by atoms with Gasteiger partial charge in [-0.15, -0.1) is 0 Å². The van der Waals surface area contributed by atoms with Crippen molar-refractivity contribution in [2.75, 3.05) is 0 Å². The number of carbonyl (C=O) groups is 1. The lowest BCUT2D eigenvalue weighted by molar-refractivity contribution is 0.0696. The summed E-state index contributed by atoms with van der Waals surface area (Å²) in [6.07, 6.45) is 1.49. The van der Waals surface area contributed by atoms with E-state index in [9.17, 15) is 9.59 Å². The van der Waals surface area contributed by atoms with E-state index in [-0.39, 0.29) is 11.1 Å². The van der Waals surface area contributed by atoms with Gasteiger partial charge in [0.1, 0.15) is 0 Å². The molecule has 0 bridgehead atoms. The minimum Gasteiger partial charge on any atom is -0.478 e. The molecule has 0 saturated heterocycles. The van der Waals surface area contributed by atoms with Gasteiger partial charge >= 0.3 is 5.97 Å². The molecular weight excluding hydrogens is 298 g/mol. The minimum absolute atomic E-state index is 0.00653. The van der Waals surface area contributed by atoms with Crippen molar-refractivity contribution >= 4 is 21.9 Å². The van der Waals surface area contributed by atoms with Crippen LogP contribution in [-0.4, -0.2) is 15.6 Å². The first-order valence-electron chi connectivity index (χ1n) is 5.24. The van der Waals surface area contributed by atoms with E-state index in [1.165, 1.54) is 16.8 Å². The van der Waals surface area contributed by atoms with Crippen molar-refractivity contribution in [3.8, 4) is 0 Å². The molecule has 5 heteroatoms. The topological polar surface area (TPSA) is 59.3 Å². The van der Waals surface area contributed by atoms with Crippen LogP contribution >= 0.6 is 15.9 Å². The lowest BCUT2D eigenvalue weighted by atomic mass is 10.2. The van der Waals surface area contributed by atoms with Gasteiger partial charge in [-0.25, -0.2) is 4.79 Å². The number of carboxylic acids is 1. The smallest absolute Gasteiger partial charge is 0.335 e. The minimum atomic E-state index is -1.09. The number of pyridine rings is 1. The van der Waals surface area contributed by atoms with Crippen LogP contribution in [0.1, 0.15) is 15.9 Å². The fourth-order valence-corrected chi connectivity index (χ4v) is 1.82. The summed E-state index contributed by atoms with van der Waals surface area (Å²) in [5.74, 6) is -1.09. The average molecular weight is 308 g/mol. The number of aromatic nitrogens is 1. The van der Waals surface area contributed by atoms with Gasteiger partial charge in [-0.05, 0) is 23.8 Å². The molecule has 1 N–H and O–H groups in total. The molecule has 2 rings (SSSR count). The van der Waals surface area contributed by atoms with Crippen LogP contribution in [0, 0.1) is 0 Å². The molecule has 92 valence electrons.